The Hall–Kier alpha value is -3.33. The normalized spacial score (nSPS) is 18.1. The minimum atomic E-state index is -1.06. The highest BCUT2D eigenvalue weighted by Gasteiger charge is 2.37. The predicted octanol–water partition coefficient (Wildman–Crippen LogP) is 3.07. The minimum Gasteiger partial charge on any atom is -0.355 e. The second-order valence-corrected chi connectivity index (χ2v) is 8.36. The molecule has 3 amide bonds. The number of amides is 3. The molecule has 0 bridgehead atoms. The van der Waals surface area contributed by atoms with E-state index in [2.05, 4.69) is 21.9 Å². The lowest BCUT2D eigenvalue weighted by Crippen LogP contribution is -2.56. The fraction of sp³-hybridized carbons (Fsp3) is 0.348. The van der Waals surface area contributed by atoms with E-state index in [-0.39, 0.29) is 36.1 Å². The molecule has 8 nitrogen and oxygen atoms in total. The van der Waals surface area contributed by atoms with Crippen LogP contribution in [0.25, 0.3) is 11.4 Å². The minimum absolute atomic E-state index is 0.0657. The van der Waals surface area contributed by atoms with E-state index in [1.807, 2.05) is 0 Å². The Labute approximate surface area is 196 Å². The van der Waals surface area contributed by atoms with E-state index in [1.54, 1.807) is 43.0 Å². The summed E-state index contributed by atoms with van der Waals surface area (Å²) >= 11 is 6.33. The summed E-state index contributed by atoms with van der Waals surface area (Å²) in [4.78, 5) is 48.7. The molecule has 10 heteroatoms. The van der Waals surface area contributed by atoms with Crippen LogP contribution in [0, 0.1) is 6.92 Å². The van der Waals surface area contributed by atoms with Crippen molar-refractivity contribution in [2.24, 2.45) is 0 Å². The number of nitrogens with one attached hydrogen (secondary N) is 1. The zero-order valence-electron chi connectivity index (χ0n) is 18.9. The number of aryl methyl sites for hydroxylation is 1. The van der Waals surface area contributed by atoms with Crippen molar-refractivity contribution in [3.8, 4) is 11.4 Å². The number of pyridine rings is 2. The van der Waals surface area contributed by atoms with Crippen LogP contribution in [0.2, 0.25) is 5.15 Å². The summed E-state index contributed by atoms with van der Waals surface area (Å²) in [6.07, 6.45) is 0. The molecule has 1 fully saturated rings. The third-order valence-corrected chi connectivity index (χ3v) is 5.67. The maximum atomic E-state index is 13.6. The Balaban J connectivity index is 2.09. The first-order valence-corrected chi connectivity index (χ1v) is 10.7. The van der Waals surface area contributed by atoms with Crippen molar-refractivity contribution in [3.05, 3.63) is 58.6 Å². The van der Waals surface area contributed by atoms with Gasteiger partial charge in [-0.3, -0.25) is 19.4 Å². The Morgan fingerprint density at radius 2 is 1.82 bits per heavy atom. The lowest BCUT2D eigenvalue weighted by Gasteiger charge is -2.45. The molecule has 2 atom stereocenters. The van der Waals surface area contributed by atoms with Gasteiger partial charge >= 0.3 is 0 Å². The molecule has 1 aliphatic heterocycles. The van der Waals surface area contributed by atoms with Gasteiger partial charge in [-0.25, -0.2) is 9.37 Å². The van der Waals surface area contributed by atoms with Crippen LogP contribution in [0.4, 0.5) is 4.39 Å². The molecule has 1 aliphatic rings. The Morgan fingerprint density at radius 1 is 1.15 bits per heavy atom. The van der Waals surface area contributed by atoms with Crippen molar-refractivity contribution in [1.29, 1.82) is 0 Å². The van der Waals surface area contributed by atoms with Crippen molar-refractivity contribution in [3.63, 3.8) is 0 Å². The van der Waals surface area contributed by atoms with Gasteiger partial charge in [-0.2, -0.15) is 0 Å². The van der Waals surface area contributed by atoms with Crippen molar-refractivity contribution in [2.45, 2.75) is 32.9 Å². The zero-order valence-corrected chi connectivity index (χ0v) is 19.6. The molecular weight excluding hydrogens is 449 g/mol. The third-order valence-electron chi connectivity index (χ3n) is 5.48. The van der Waals surface area contributed by atoms with Gasteiger partial charge in [0.2, 0.25) is 5.91 Å². The molecule has 0 radical (unpaired) electrons. The Morgan fingerprint density at radius 3 is 2.42 bits per heavy atom. The molecule has 0 saturated carbocycles. The number of carbonyl (C=O) groups excluding carboxylic acids is 3. The molecule has 1 saturated heterocycles. The quantitative estimate of drug-likeness (QED) is 0.544. The molecule has 174 valence electrons. The number of nitrogens with zero attached hydrogens (tertiary/aromatic N) is 4. The molecule has 1 N–H and O–H groups in total. The number of hydrogen-bond donors (Lipinski definition) is 1. The fourth-order valence-corrected chi connectivity index (χ4v) is 4.35. The van der Waals surface area contributed by atoms with Crippen LogP contribution < -0.4 is 5.32 Å². The highest BCUT2D eigenvalue weighted by molar-refractivity contribution is 6.29. The molecule has 33 heavy (non-hydrogen) atoms. The molecule has 3 rings (SSSR count). The van der Waals surface area contributed by atoms with Crippen molar-refractivity contribution >= 4 is 29.3 Å². The van der Waals surface area contributed by atoms with Gasteiger partial charge in [0.1, 0.15) is 5.15 Å². The topological polar surface area (TPSA) is 95.5 Å². The van der Waals surface area contributed by atoms with Crippen LogP contribution in [0.5, 0.6) is 0 Å². The monoisotopic (exact) mass is 473 g/mol. The zero-order chi connectivity index (χ0) is 24.4. The average Bonchev–Trinajstić information content (AvgIpc) is 2.76. The lowest BCUT2D eigenvalue weighted by atomic mass is 9.98. The molecule has 3 heterocycles. The maximum Gasteiger partial charge on any atom is 0.282 e. The van der Waals surface area contributed by atoms with E-state index in [9.17, 15) is 18.8 Å². The van der Waals surface area contributed by atoms with Crippen LogP contribution in [-0.4, -0.2) is 63.7 Å². The first-order valence-electron chi connectivity index (χ1n) is 10.3. The van der Waals surface area contributed by atoms with Gasteiger partial charge in [-0.1, -0.05) is 18.2 Å². The predicted molar refractivity (Wildman–Crippen MR) is 122 cm³/mol. The van der Waals surface area contributed by atoms with Crippen LogP contribution in [0.3, 0.4) is 0 Å². The van der Waals surface area contributed by atoms with Gasteiger partial charge < -0.3 is 15.1 Å². The number of halogens is 2. The first-order chi connectivity index (χ1) is 15.5. The smallest absolute Gasteiger partial charge is 0.282 e. The largest absolute Gasteiger partial charge is 0.355 e. The van der Waals surface area contributed by atoms with Crippen molar-refractivity contribution < 1.29 is 18.8 Å². The van der Waals surface area contributed by atoms with Gasteiger partial charge in [-0.05, 0) is 43.7 Å². The van der Waals surface area contributed by atoms with Gasteiger partial charge in [-0.15, -0.1) is 0 Å². The van der Waals surface area contributed by atoms with Crippen molar-refractivity contribution in [1.82, 2.24) is 25.1 Å². The van der Waals surface area contributed by atoms with Crippen LogP contribution in [0.15, 0.2) is 36.7 Å². The van der Waals surface area contributed by atoms with Crippen molar-refractivity contribution in [2.75, 3.05) is 20.1 Å². The molecule has 2 aromatic rings. The SMILES string of the molecule is C=C(F)C(=O)N1C[C@H](C)N(C(C)=O)[C@H](c2cc(Cl)nc(-c3cc(C(=O)NC)cc(C)n3)c2)C1. The second kappa shape index (κ2) is 9.66. The highest BCUT2D eigenvalue weighted by Crippen LogP contribution is 2.33. The Kier molecular flexibility index (Phi) is 7.12. The van der Waals surface area contributed by atoms with E-state index >= 15 is 0 Å². The number of carbonyl (C=O) groups is 3. The van der Waals surface area contributed by atoms with E-state index in [0.29, 0.717) is 28.2 Å². The molecule has 2 aromatic heterocycles. The second-order valence-electron chi connectivity index (χ2n) is 7.98. The van der Waals surface area contributed by atoms with Crippen LogP contribution in [0.1, 0.15) is 41.5 Å². The van der Waals surface area contributed by atoms with E-state index in [0.717, 1.165) is 0 Å². The number of hydrogen-bond acceptors (Lipinski definition) is 5. The van der Waals surface area contributed by atoms with E-state index in [1.165, 1.54) is 18.9 Å². The van der Waals surface area contributed by atoms with Crippen LogP contribution >= 0.6 is 11.6 Å². The maximum absolute atomic E-state index is 13.6. The highest BCUT2D eigenvalue weighted by atomic mass is 35.5. The van der Waals surface area contributed by atoms with Gasteiger partial charge in [0.05, 0.1) is 17.4 Å². The average molecular weight is 474 g/mol. The molecule has 0 spiro atoms. The summed E-state index contributed by atoms with van der Waals surface area (Å²) in [6, 6.07) is 5.62. The summed E-state index contributed by atoms with van der Waals surface area (Å²) < 4.78 is 13.6. The summed E-state index contributed by atoms with van der Waals surface area (Å²) in [5.41, 5.74) is 2.47. The fourth-order valence-electron chi connectivity index (χ4n) is 4.13. The van der Waals surface area contributed by atoms with Crippen LogP contribution in [-0.2, 0) is 9.59 Å². The lowest BCUT2D eigenvalue weighted by molar-refractivity contribution is -0.144. The molecule has 0 aliphatic carbocycles. The summed E-state index contributed by atoms with van der Waals surface area (Å²) in [5.74, 6) is -2.33. The van der Waals surface area contributed by atoms with E-state index < -0.39 is 17.8 Å². The summed E-state index contributed by atoms with van der Waals surface area (Å²) in [5, 5.41) is 2.73. The molecule has 0 unspecified atom stereocenters. The van der Waals surface area contributed by atoms with E-state index in [4.69, 9.17) is 11.6 Å². The Bertz CT molecular complexity index is 1140. The number of aromatic nitrogens is 2. The third kappa shape index (κ3) is 5.19. The summed E-state index contributed by atoms with van der Waals surface area (Å²) in [6.45, 7) is 8.33. The van der Waals surface area contributed by atoms with Gasteiger partial charge in [0.15, 0.2) is 5.83 Å². The summed E-state index contributed by atoms with van der Waals surface area (Å²) in [7, 11) is 1.53. The number of rotatable bonds is 4. The molecular formula is C23H25ClFN5O3. The van der Waals surface area contributed by atoms with Gasteiger partial charge in [0.25, 0.3) is 11.8 Å². The standard InChI is InChI=1S/C23H25ClFN5O3/c1-12-6-17(22(32)26-5)8-18(27-12)19-7-16(9-21(24)28-19)20-11-29(23(33)14(3)25)10-13(2)30(20)15(4)31/h6-9,13,20H,3,10-11H2,1-2,4-5H3,(H,26,32)/t13-,20-/m0/s1. The molecule has 0 aromatic carbocycles. The van der Waals surface area contributed by atoms with Gasteiger partial charge in [0, 0.05) is 44.4 Å². The number of piperazine rings is 1. The first kappa shape index (κ1) is 24.3.